The summed E-state index contributed by atoms with van der Waals surface area (Å²) in [4.78, 5) is 0. The SMILES string of the molecule is CC(S)C1CCNCC1. The molecule has 0 spiro atoms. The molecule has 1 heterocycles. The number of nitrogens with one attached hydrogen (secondary N) is 1. The highest BCUT2D eigenvalue weighted by atomic mass is 32.1. The Kier molecular flexibility index (Phi) is 2.86. The van der Waals surface area contributed by atoms with Crippen molar-refractivity contribution in [2.24, 2.45) is 5.92 Å². The minimum absolute atomic E-state index is 0.590. The first kappa shape index (κ1) is 7.42. The second-order valence-electron chi connectivity index (χ2n) is 2.83. The van der Waals surface area contributed by atoms with Crippen LogP contribution in [-0.4, -0.2) is 18.3 Å². The average molecular weight is 145 g/mol. The molecular formula is C7H15NS. The predicted octanol–water partition coefficient (Wildman–Crippen LogP) is 1.30. The lowest BCUT2D eigenvalue weighted by Crippen LogP contribution is -2.31. The first-order valence-electron chi connectivity index (χ1n) is 3.69. The van der Waals surface area contributed by atoms with Gasteiger partial charge in [0.2, 0.25) is 0 Å². The molecule has 1 saturated heterocycles. The van der Waals surface area contributed by atoms with Gasteiger partial charge >= 0.3 is 0 Å². The van der Waals surface area contributed by atoms with Gasteiger partial charge in [-0.2, -0.15) is 12.6 Å². The van der Waals surface area contributed by atoms with E-state index >= 15 is 0 Å². The number of hydrogen-bond donors (Lipinski definition) is 2. The third kappa shape index (κ3) is 2.18. The van der Waals surface area contributed by atoms with Gasteiger partial charge in [-0.25, -0.2) is 0 Å². The van der Waals surface area contributed by atoms with Crippen LogP contribution >= 0.6 is 12.6 Å². The van der Waals surface area contributed by atoms with Crippen molar-refractivity contribution in [1.29, 1.82) is 0 Å². The van der Waals surface area contributed by atoms with Crippen LogP contribution in [0.25, 0.3) is 0 Å². The minimum atomic E-state index is 0.590. The zero-order valence-electron chi connectivity index (χ0n) is 5.93. The fourth-order valence-corrected chi connectivity index (χ4v) is 1.62. The molecule has 1 atom stereocenters. The normalized spacial score (nSPS) is 26.0. The Morgan fingerprint density at radius 3 is 2.33 bits per heavy atom. The van der Waals surface area contributed by atoms with E-state index < -0.39 is 0 Å². The van der Waals surface area contributed by atoms with E-state index in [1.807, 2.05) is 0 Å². The quantitative estimate of drug-likeness (QED) is 0.530. The molecule has 9 heavy (non-hydrogen) atoms. The Morgan fingerprint density at radius 2 is 2.00 bits per heavy atom. The molecule has 0 aromatic carbocycles. The number of piperidine rings is 1. The average Bonchev–Trinajstić information content (AvgIpc) is 1.90. The van der Waals surface area contributed by atoms with Crippen molar-refractivity contribution in [2.45, 2.75) is 25.0 Å². The van der Waals surface area contributed by atoms with Gasteiger partial charge < -0.3 is 5.32 Å². The first-order chi connectivity index (χ1) is 4.30. The molecule has 2 heteroatoms. The number of thiol groups is 1. The molecule has 0 aromatic heterocycles. The van der Waals surface area contributed by atoms with E-state index in [0.717, 1.165) is 5.92 Å². The molecule has 0 bridgehead atoms. The third-order valence-corrected chi connectivity index (χ3v) is 2.49. The lowest BCUT2D eigenvalue weighted by molar-refractivity contribution is 0.374. The fraction of sp³-hybridized carbons (Fsp3) is 1.00. The summed E-state index contributed by atoms with van der Waals surface area (Å²) in [7, 11) is 0. The first-order valence-corrected chi connectivity index (χ1v) is 4.21. The Balaban J connectivity index is 2.23. The van der Waals surface area contributed by atoms with Crippen LogP contribution in [0.5, 0.6) is 0 Å². The molecule has 0 aliphatic carbocycles. The molecule has 1 nitrogen and oxygen atoms in total. The topological polar surface area (TPSA) is 12.0 Å². The van der Waals surface area contributed by atoms with E-state index in [1.165, 1.54) is 25.9 Å². The molecule has 1 aliphatic rings. The molecule has 1 aliphatic heterocycles. The smallest absolute Gasteiger partial charge is 0.00176 e. The van der Waals surface area contributed by atoms with E-state index in [9.17, 15) is 0 Å². The van der Waals surface area contributed by atoms with Gasteiger partial charge in [-0.1, -0.05) is 6.92 Å². The van der Waals surface area contributed by atoms with Crippen LogP contribution < -0.4 is 5.32 Å². The molecule has 0 radical (unpaired) electrons. The molecule has 54 valence electrons. The maximum Gasteiger partial charge on any atom is 0.00176 e. The molecule has 1 unspecified atom stereocenters. The highest BCUT2D eigenvalue weighted by molar-refractivity contribution is 7.80. The number of hydrogen-bond acceptors (Lipinski definition) is 2. The van der Waals surface area contributed by atoms with Crippen molar-refractivity contribution in [2.75, 3.05) is 13.1 Å². The Morgan fingerprint density at radius 1 is 1.44 bits per heavy atom. The lowest BCUT2D eigenvalue weighted by atomic mass is 9.95. The summed E-state index contributed by atoms with van der Waals surface area (Å²) in [5.41, 5.74) is 0. The standard InChI is InChI=1S/C7H15NS/c1-6(9)7-2-4-8-5-3-7/h6-9H,2-5H2,1H3. The fourth-order valence-electron chi connectivity index (χ4n) is 1.33. The molecule has 1 fully saturated rings. The van der Waals surface area contributed by atoms with E-state index in [0.29, 0.717) is 5.25 Å². The second-order valence-corrected chi connectivity index (χ2v) is 3.64. The van der Waals surface area contributed by atoms with Crippen molar-refractivity contribution in [3.8, 4) is 0 Å². The largest absolute Gasteiger partial charge is 0.317 e. The molecular weight excluding hydrogens is 130 g/mol. The lowest BCUT2D eigenvalue weighted by Gasteiger charge is -2.24. The van der Waals surface area contributed by atoms with Crippen LogP contribution in [0.2, 0.25) is 0 Å². The molecule has 1 N–H and O–H groups in total. The zero-order chi connectivity index (χ0) is 6.69. The van der Waals surface area contributed by atoms with Gasteiger partial charge in [0.25, 0.3) is 0 Å². The van der Waals surface area contributed by atoms with Crippen LogP contribution in [0.3, 0.4) is 0 Å². The van der Waals surface area contributed by atoms with Gasteiger partial charge in [0, 0.05) is 5.25 Å². The third-order valence-electron chi connectivity index (χ3n) is 2.07. The number of rotatable bonds is 1. The van der Waals surface area contributed by atoms with E-state index in [-0.39, 0.29) is 0 Å². The van der Waals surface area contributed by atoms with Gasteiger partial charge in [0.05, 0.1) is 0 Å². The summed E-state index contributed by atoms with van der Waals surface area (Å²) < 4.78 is 0. The summed E-state index contributed by atoms with van der Waals surface area (Å²) >= 11 is 4.41. The Bertz CT molecular complexity index is 77.0. The van der Waals surface area contributed by atoms with Gasteiger partial charge in [-0.05, 0) is 31.8 Å². The van der Waals surface area contributed by atoms with Crippen molar-refractivity contribution in [3.05, 3.63) is 0 Å². The summed E-state index contributed by atoms with van der Waals surface area (Å²) in [6, 6.07) is 0. The highest BCUT2D eigenvalue weighted by Crippen LogP contribution is 2.19. The van der Waals surface area contributed by atoms with Crippen LogP contribution in [-0.2, 0) is 0 Å². The molecule has 1 rings (SSSR count). The van der Waals surface area contributed by atoms with Gasteiger partial charge in [0.1, 0.15) is 0 Å². The molecule has 0 amide bonds. The molecule has 0 saturated carbocycles. The Labute approximate surface area is 62.6 Å². The van der Waals surface area contributed by atoms with E-state index in [2.05, 4.69) is 24.9 Å². The van der Waals surface area contributed by atoms with Crippen molar-refractivity contribution in [1.82, 2.24) is 5.32 Å². The van der Waals surface area contributed by atoms with Crippen molar-refractivity contribution < 1.29 is 0 Å². The summed E-state index contributed by atoms with van der Waals surface area (Å²) in [6.07, 6.45) is 2.62. The summed E-state index contributed by atoms with van der Waals surface area (Å²) in [6.45, 7) is 4.57. The predicted molar refractivity (Wildman–Crippen MR) is 44.0 cm³/mol. The van der Waals surface area contributed by atoms with Crippen LogP contribution in [0.15, 0.2) is 0 Å². The maximum atomic E-state index is 4.41. The minimum Gasteiger partial charge on any atom is -0.317 e. The monoisotopic (exact) mass is 145 g/mol. The molecule has 0 aromatic rings. The summed E-state index contributed by atoms with van der Waals surface area (Å²) in [5.74, 6) is 0.856. The van der Waals surface area contributed by atoms with Gasteiger partial charge in [-0.15, -0.1) is 0 Å². The van der Waals surface area contributed by atoms with Gasteiger partial charge in [-0.3, -0.25) is 0 Å². The van der Waals surface area contributed by atoms with Crippen LogP contribution in [0, 0.1) is 5.92 Å². The Hall–Kier alpha value is 0.310. The zero-order valence-corrected chi connectivity index (χ0v) is 6.82. The second kappa shape index (κ2) is 3.47. The van der Waals surface area contributed by atoms with Crippen molar-refractivity contribution >= 4 is 12.6 Å². The van der Waals surface area contributed by atoms with E-state index in [1.54, 1.807) is 0 Å². The van der Waals surface area contributed by atoms with Gasteiger partial charge in [0.15, 0.2) is 0 Å². The summed E-state index contributed by atoms with van der Waals surface area (Å²) in [5, 5.41) is 3.93. The van der Waals surface area contributed by atoms with E-state index in [4.69, 9.17) is 0 Å². The maximum absolute atomic E-state index is 4.41. The highest BCUT2D eigenvalue weighted by Gasteiger charge is 2.15. The van der Waals surface area contributed by atoms with Crippen molar-refractivity contribution in [3.63, 3.8) is 0 Å². The van der Waals surface area contributed by atoms with Crippen LogP contribution in [0.1, 0.15) is 19.8 Å². The van der Waals surface area contributed by atoms with Crippen LogP contribution in [0.4, 0.5) is 0 Å².